The second kappa shape index (κ2) is 6.31. The van der Waals surface area contributed by atoms with E-state index in [-0.39, 0.29) is 11.8 Å². The molecule has 0 atom stereocenters. The summed E-state index contributed by atoms with van der Waals surface area (Å²) in [4.78, 5) is 8.07. The highest BCUT2D eigenvalue weighted by Gasteiger charge is 2.27. The summed E-state index contributed by atoms with van der Waals surface area (Å²) in [7, 11) is 0. The molecule has 1 aliphatic carbocycles. The van der Waals surface area contributed by atoms with Crippen LogP contribution in [-0.4, -0.2) is 20.2 Å². The number of hydrogen-bond donors (Lipinski definition) is 0. The normalized spacial score (nSPS) is 14.2. The first-order valence-electron chi connectivity index (χ1n) is 7.88. The van der Waals surface area contributed by atoms with Crippen LogP contribution >= 0.6 is 0 Å². The van der Waals surface area contributed by atoms with Gasteiger partial charge in [0.1, 0.15) is 0 Å². The van der Waals surface area contributed by atoms with E-state index in [2.05, 4.69) is 20.2 Å². The molecule has 0 bridgehead atoms. The molecule has 5 nitrogen and oxygen atoms in total. The third-order valence-corrected chi connectivity index (χ3v) is 4.26. The first kappa shape index (κ1) is 14.7. The predicted molar refractivity (Wildman–Crippen MR) is 86.1 cm³/mol. The molecule has 0 aliphatic heterocycles. The van der Waals surface area contributed by atoms with E-state index in [1.165, 1.54) is 0 Å². The van der Waals surface area contributed by atoms with E-state index in [9.17, 15) is 0 Å². The smallest absolute Gasteiger partial charge is 0.321 e. The van der Waals surface area contributed by atoms with Crippen molar-refractivity contribution in [1.82, 2.24) is 20.2 Å². The van der Waals surface area contributed by atoms with Gasteiger partial charge < -0.3 is 4.74 Å². The zero-order valence-corrected chi connectivity index (χ0v) is 12.9. The van der Waals surface area contributed by atoms with Gasteiger partial charge >= 0.3 is 6.01 Å². The van der Waals surface area contributed by atoms with Gasteiger partial charge in [-0.15, -0.1) is 0 Å². The highest BCUT2D eigenvalue weighted by molar-refractivity contribution is 5.64. The SMILES string of the molecule is Fc1c(-c2cccnn2)ccc(C2CCC2)c1Oc1ncccn1. The average molecular weight is 322 g/mol. The molecule has 0 unspecified atom stereocenters. The number of rotatable bonds is 4. The standard InChI is InChI=1S/C18H15FN4O/c19-16-14(15-6-2-11-22-23-15)8-7-13(12-4-1-5-12)17(16)24-18-20-9-3-10-21-18/h2-3,6-12H,1,4-5H2. The van der Waals surface area contributed by atoms with E-state index in [4.69, 9.17) is 4.74 Å². The third-order valence-electron chi connectivity index (χ3n) is 4.26. The Morgan fingerprint density at radius 1 is 1.00 bits per heavy atom. The minimum Gasteiger partial charge on any atom is -0.421 e. The number of benzene rings is 1. The number of nitrogens with zero attached hydrogens (tertiary/aromatic N) is 4. The van der Waals surface area contributed by atoms with Gasteiger partial charge in [-0.1, -0.05) is 12.5 Å². The lowest BCUT2D eigenvalue weighted by atomic mass is 9.79. The van der Waals surface area contributed by atoms with Gasteiger partial charge in [0.2, 0.25) is 0 Å². The van der Waals surface area contributed by atoms with Crippen LogP contribution in [0.4, 0.5) is 4.39 Å². The van der Waals surface area contributed by atoms with Crippen molar-refractivity contribution in [3.63, 3.8) is 0 Å². The van der Waals surface area contributed by atoms with E-state index in [1.54, 1.807) is 42.9 Å². The fourth-order valence-electron chi connectivity index (χ4n) is 2.79. The highest BCUT2D eigenvalue weighted by Crippen LogP contribution is 2.44. The van der Waals surface area contributed by atoms with Crippen LogP contribution in [0.3, 0.4) is 0 Å². The van der Waals surface area contributed by atoms with E-state index >= 15 is 4.39 Å². The Labute approximate surface area is 138 Å². The predicted octanol–water partition coefficient (Wildman–Crippen LogP) is 4.13. The van der Waals surface area contributed by atoms with Crippen LogP contribution < -0.4 is 4.74 Å². The second-order valence-corrected chi connectivity index (χ2v) is 5.72. The Bertz CT molecular complexity index is 838. The maximum atomic E-state index is 15.2. The second-order valence-electron chi connectivity index (χ2n) is 5.72. The average Bonchev–Trinajstić information content (AvgIpc) is 2.58. The van der Waals surface area contributed by atoms with Gasteiger partial charge in [-0.25, -0.2) is 14.4 Å². The van der Waals surface area contributed by atoms with Crippen LogP contribution in [0.2, 0.25) is 0 Å². The Morgan fingerprint density at radius 2 is 1.83 bits per heavy atom. The lowest BCUT2D eigenvalue weighted by Gasteiger charge is -2.27. The van der Waals surface area contributed by atoms with E-state index in [0.717, 1.165) is 24.8 Å². The van der Waals surface area contributed by atoms with Gasteiger partial charge in [0.05, 0.1) is 5.69 Å². The van der Waals surface area contributed by atoms with E-state index in [0.29, 0.717) is 17.2 Å². The molecule has 1 fully saturated rings. The maximum Gasteiger partial charge on any atom is 0.321 e. The molecule has 2 heterocycles. The van der Waals surface area contributed by atoms with Gasteiger partial charge in [-0.2, -0.15) is 10.2 Å². The summed E-state index contributed by atoms with van der Waals surface area (Å²) < 4.78 is 20.9. The molecule has 6 heteroatoms. The Balaban J connectivity index is 1.80. The van der Waals surface area contributed by atoms with Crippen LogP contribution in [-0.2, 0) is 0 Å². The van der Waals surface area contributed by atoms with E-state index < -0.39 is 5.82 Å². The van der Waals surface area contributed by atoms with Crippen LogP contribution in [0.15, 0.2) is 48.9 Å². The molecule has 0 radical (unpaired) electrons. The van der Waals surface area contributed by atoms with Crippen LogP contribution in [0.25, 0.3) is 11.3 Å². The summed E-state index contributed by atoms with van der Waals surface area (Å²) in [6.45, 7) is 0. The number of hydrogen-bond acceptors (Lipinski definition) is 5. The maximum absolute atomic E-state index is 15.2. The summed E-state index contributed by atoms with van der Waals surface area (Å²) in [5.41, 5.74) is 1.69. The Kier molecular flexibility index (Phi) is 3.86. The van der Waals surface area contributed by atoms with Crippen molar-refractivity contribution in [2.75, 3.05) is 0 Å². The number of aromatic nitrogens is 4. The molecule has 0 saturated heterocycles. The van der Waals surface area contributed by atoms with Gasteiger partial charge in [0.25, 0.3) is 0 Å². The van der Waals surface area contributed by atoms with Crippen LogP contribution in [0, 0.1) is 5.82 Å². The summed E-state index contributed by atoms with van der Waals surface area (Å²) in [5, 5.41) is 7.81. The minimum absolute atomic E-state index is 0.133. The number of halogens is 1. The molecule has 1 aliphatic rings. The van der Waals surface area contributed by atoms with Gasteiger partial charge in [0.15, 0.2) is 11.6 Å². The van der Waals surface area contributed by atoms with Gasteiger partial charge in [-0.3, -0.25) is 0 Å². The zero-order chi connectivity index (χ0) is 16.4. The zero-order valence-electron chi connectivity index (χ0n) is 12.9. The lowest BCUT2D eigenvalue weighted by Crippen LogP contribution is -2.11. The van der Waals surface area contributed by atoms with Crippen molar-refractivity contribution >= 4 is 0 Å². The molecular formula is C18H15FN4O. The topological polar surface area (TPSA) is 60.8 Å². The largest absolute Gasteiger partial charge is 0.421 e. The van der Waals surface area contributed by atoms with Crippen molar-refractivity contribution in [2.45, 2.75) is 25.2 Å². The fourth-order valence-corrected chi connectivity index (χ4v) is 2.79. The summed E-state index contributed by atoms with van der Waals surface area (Å²) >= 11 is 0. The lowest BCUT2D eigenvalue weighted by molar-refractivity contribution is 0.371. The van der Waals surface area contributed by atoms with Crippen molar-refractivity contribution < 1.29 is 9.13 Å². The molecule has 3 aromatic rings. The molecular weight excluding hydrogens is 307 g/mol. The van der Waals surface area contributed by atoms with Crippen molar-refractivity contribution in [1.29, 1.82) is 0 Å². The Hall–Kier alpha value is -2.89. The first-order chi connectivity index (χ1) is 11.8. The first-order valence-corrected chi connectivity index (χ1v) is 7.88. The number of ether oxygens (including phenoxy) is 1. The summed E-state index contributed by atoms with van der Waals surface area (Å²) in [5.74, 6) is 0.0514. The molecule has 1 aromatic carbocycles. The molecule has 1 saturated carbocycles. The van der Waals surface area contributed by atoms with Gasteiger partial charge in [-0.05, 0) is 43.0 Å². The van der Waals surface area contributed by atoms with Gasteiger partial charge in [0, 0.05) is 29.7 Å². The summed E-state index contributed by atoms with van der Waals surface area (Å²) in [6, 6.07) is 8.92. The third kappa shape index (κ3) is 2.71. The Morgan fingerprint density at radius 3 is 2.50 bits per heavy atom. The molecule has 0 amide bonds. The van der Waals surface area contributed by atoms with Crippen LogP contribution in [0.1, 0.15) is 30.7 Å². The molecule has 0 spiro atoms. The van der Waals surface area contributed by atoms with Crippen molar-refractivity contribution in [3.05, 3.63) is 60.3 Å². The molecule has 4 rings (SSSR count). The summed E-state index contributed by atoms with van der Waals surface area (Å²) in [6.07, 6.45) is 7.91. The highest BCUT2D eigenvalue weighted by atomic mass is 19.1. The molecule has 0 N–H and O–H groups in total. The quantitative estimate of drug-likeness (QED) is 0.722. The molecule has 24 heavy (non-hydrogen) atoms. The monoisotopic (exact) mass is 322 g/mol. The minimum atomic E-state index is -0.452. The molecule has 2 aromatic heterocycles. The van der Waals surface area contributed by atoms with Crippen molar-refractivity contribution in [2.24, 2.45) is 0 Å². The van der Waals surface area contributed by atoms with Crippen molar-refractivity contribution in [3.8, 4) is 23.0 Å². The molecule has 120 valence electrons. The fraction of sp³-hybridized carbons (Fsp3) is 0.222. The van der Waals surface area contributed by atoms with E-state index in [1.807, 2.05) is 6.07 Å². The van der Waals surface area contributed by atoms with Crippen LogP contribution in [0.5, 0.6) is 11.8 Å².